The Labute approximate surface area is 151 Å². The zero-order valence-electron chi connectivity index (χ0n) is 15.8. The fraction of sp³-hybridized carbons (Fsp3) is 0.318. The molecule has 0 amide bonds. The van der Waals surface area contributed by atoms with Crippen LogP contribution in [0.25, 0.3) is 15.8 Å². The average Bonchev–Trinajstić information content (AvgIpc) is 3.00. The highest BCUT2D eigenvalue weighted by molar-refractivity contribution is 7.20. The van der Waals surface area contributed by atoms with Crippen molar-refractivity contribution in [1.82, 2.24) is 0 Å². The lowest BCUT2D eigenvalue weighted by Crippen LogP contribution is -1.89. The zero-order chi connectivity index (χ0) is 17.9. The topological polar surface area (TPSA) is 12.4 Å². The summed E-state index contributed by atoms with van der Waals surface area (Å²) in [6, 6.07) is 8.58. The first-order chi connectivity index (χ1) is 11.8. The first kappa shape index (κ1) is 20.1. The van der Waals surface area contributed by atoms with Gasteiger partial charge in [-0.3, -0.25) is 4.99 Å². The minimum absolute atomic E-state index is 0.955. The molecule has 1 nitrogen and oxygen atoms in total. The highest BCUT2D eigenvalue weighted by Gasteiger charge is 2.14. The van der Waals surface area contributed by atoms with Gasteiger partial charge in [-0.1, -0.05) is 70.2 Å². The maximum Gasteiger partial charge on any atom is 0.0835 e. The lowest BCUT2D eigenvalue weighted by molar-refractivity contribution is 1.25. The van der Waals surface area contributed by atoms with Crippen molar-refractivity contribution in [2.45, 2.75) is 48.0 Å². The minimum Gasteiger partial charge on any atom is -0.260 e. The first-order valence-electron chi connectivity index (χ1n) is 8.85. The molecule has 0 radical (unpaired) electrons. The summed E-state index contributed by atoms with van der Waals surface area (Å²) in [5, 5.41) is 1.34. The van der Waals surface area contributed by atoms with Gasteiger partial charge in [-0.2, -0.15) is 0 Å². The molecule has 1 aromatic carbocycles. The molecule has 3 rings (SSSR count). The molecular formula is C22H29NS. The van der Waals surface area contributed by atoms with E-state index in [0.29, 0.717) is 0 Å². The Balaban J connectivity index is 0.000000671. The normalized spacial score (nSPS) is 14.9. The molecule has 2 aromatic rings. The Morgan fingerprint density at radius 2 is 1.79 bits per heavy atom. The van der Waals surface area contributed by atoms with Crippen LogP contribution in [0.2, 0.25) is 0 Å². The van der Waals surface area contributed by atoms with Gasteiger partial charge < -0.3 is 0 Å². The van der Waals surface area contributed by atoms with Crippen LogP contribution in [-0.2, 0) is 0 Å². The molecule has 1 aliphatic carbocycles. The Hall–Kier alpha value is -1.93. The number of allylic oxidation sites excluding steroid dienone is 5. The molecule has 0 unspecified atom stereocenters. The van der Waals surface area contributed by atoms with Crippen LogP contribution in [0.15, 0.2) is 59.1 Å². The van der Waals surface area contributed by atoms with Gasteiger partial charge in [0.1, 0.15) is 0 Å². The maximum atomic E-state index is 4.65. The van der Waals surface area contributed by atoms with Crippen LogP contribution in [0.1, 0.15) is 51.5 Å². The van der Waals surface area contributed by atoms with Crippen LogP contribution in [0.3, 0.4) is 0 Å². The predicted octanol–water partition coefficient (Wildman–Crippen LogP) is 7.58. The van der Waals surface area contributed by atoms with Gasteiger partial charge in [0.25, 0.3) is 0 Å². The van der Waals surface area contributed by atoms with E-state index >= 15 is 0 Å². The van der Waals surface area contributed by atoms with Gasteiger partial charge in [0.15, 0.2) is 0 Å². The van der Waals surface area contributed by atoms with Crippen LogP contribution in [-0.4, -0.2) is 6.21 Å². The van der Waals surface area contributed by atoms with Gasteiger partial charge in [0.2, 0.25) is 0 Å². The third-order valence-corrected chi connectivity index (χ3v) is 4.78. The van der Waals surface area contributed by atoms with Gasteiger partial charge in [-0.15, -0.1) is 11.3 Å². The molecule has 0 saturated carbocycles. The molecule has 24 heavy (non-hydrogen) atoms. The Bertz CT molecular complexity index is 757. The van der Waals surface area contributed by atoms with E-state index in [-0.39, 0.29) is 0 Å². The molecule has 2 heteroatoms. The minimum atomic E-state index is 0.955. The van der Waals surface area contributed by atoms with Gasteiger partial charge in [-0.25, -0.2) is 0 Å². The highest BCUT2D eigenvalue weighted by atomic mass is 32.1. The summed E-state index contributed by atoms with van der Waals surface area (Å²) >= 11 is 1.84. The van der Waals surface area contributed by atoms with E-state index in [1.165, 1.54) is 26.1 Å². The number of nitrogens with zero attached hydrogens (tertiary/aromatic N) is 1. The second-order valence-corrected chi connectivity index (χ2v) is 5.86. The number of fused-ring (bicyclic) bond motifs is 1. The van der Waals surface area contributed by atoms with Crippen LogP contribution < -0.4 is 0 Å². The third-order valence-electron chi connectivity index (χ3n) is 3.50. The van der Waals surface area contributed by atoms with Gasteiger partial charge >= 0.3 is 0 Å². The Kier molecular flexibility index (Phi) is 9.03. The van der Waals surface area contributed by atoms with Crippen molar-refractivity contribution in [2.24, 2.45) is 4.99 Å². The van der Waals surface area contributed by atoms with Crippen molar-refractivity contribution in [3.8, 4) is 0 Å². The highest BCUT2D eigenvalue weighted by Crippen LogP contribution is 2.38. The predicted molar refractivity (Wildman–Crippen MR) is 113 cm³/mol. The van der Waals surface area contributed by atoms with E-state index < -0.39 is 0 Å². The molecule has 0 saturated heterocycles. The molecule has 0 fully saturated rings. The SMILES string of the molecule is CC.CC.CC=N/C(=C1/C=CC=CC1)c1sc2ccccc2c1C. The number of hydrogen-bond donors (Lipinski definition) is 0. The Morgan fingerprint density at radius 1 is 1.08 bits per heavy atom. The standard InChI is InChI=1S/C18H17NS.2C2H6/c1-3-19-17(14-9-5-4-6-10-14)18-13(2)15-11-7-8-12-16(15)20-18;2*1-2/h3-9,11-12H,10H2,1-2H3;2*1-2H3/b17-14-,19-3?;;. The monoisotopic (exact) mass is 339 g/mol. The number of aliphatic imine (C=N–C) groups is 1. The lowest BCUT2D eigenvalue weighted by Gasteiger charge is -2.08. The van der Waals surface area contributed by atoms with Gasteiger partial charge in [0.05, 0.1) is 10.6 Å². The molecule has 0 aliphatic heterocycles. The van der Waals surface area contributed by atoms with Crippen molar-refractivity contribution < 1.29 is 0 Å². The van der Waals surface area contributed by atoms with E-state index in [0.717, 1.165) is 12.1 Å². The van der Waals surface area contributed by atoms with Crippen molar-refractivity contribution in [3.63, 3.8) is 0 Å². The fourth-order valence-corrected chi connectivity index (χ4v) is 3.75. The van der Waals surface area contributed by atoms with E-state index in [1.54, 1.807) is 0 Å². The van der Waals surface area contributed by atoms with E-state index in [1.807, 2.05) is 52.2 Å². The maximum absolute atomic E-state index is 4.65. The van der Waals surface area contributed by atoms with Crippen LogP contribution >= 0.6 is 11.3 Å². The smallest absolute Gasteiger partial charge is 0.0835 e. The summed E-state index contributed by atoms with van der Waals surface area (Å²) in [6.07, 6.45) is 11.4. The van der Waals surface area contributed by atoms with E-state index in [9.17, 15) is 0 Å². The van der Waals surface area contributed by atoms with Crippen LogP contribution in [0.5, 0.6) is 0 Å². The average molecular weight is 340 g/mol. The molecule has 0 bridgehead atoms. The second kappa shape index (κ2) is 10.8. The molecule has 0 atom stereocenters. The molecule has 128 valence electrons. The van der Waals surface area contributed by atoms with E-state index in [4.69, 9.17) is 0 Å². The largest absolute Gasteiger partial charge is 0.260 e. The van der Waals surface area contributed by atoms with Crippen molar-refractivity contribution in [3.05, 3.63) is 64.6 Å². The molecule has 1 heterocycles. The summed E-state index contributed by atoms with van der Waals surface area (Å²) < 4.78 is 1.33. The molecule has 0 spiro atoms. The molecule has 0 N–H and O–H groups in total. The molecular weight excluding hydrogens is 310 g/mol. The van der Waals surface area contributed by atoms with Crippen molar-refractivity contribution in [1.29, 1.82) is 0 Å². The summed E-state index contributed by atoms with van der Waals surface area (Å²) in [5.41, 5.74) is 3.74. The van der Waals surface area contributed by atoms with E-state index in [2.05, 4.69) is 60.5 Å². The summed E-state index contributed by atoms with van der Waals surface area (Å²) in [4.78, 5) is 5.95. The van der Waals surface area contributed by atoms with Crippen LogP contribution in [0, 0.1) is 6.92 Å². The third kappa shape index (κ3) is 4.55. The summed E-state index contributed by atoms with van der Waals surface area (Å²) in [6.45, 7) is 12.2. The number of benzene rings is 1. The zero-order valence-corrected chi connectivity index (χ0v) is 16.6. The van der Waals surface area contributed by atoms with Crippen LogP contribution in [0.4, 0.5) is 0 Å². The Morgan fingerprint density at radius 3 is 2.38 bits per heavy atom. The van der Waals surface area contributed by atoms with Gasteiger partial charge in [0, 0.05) is 10.9 Å². The molecule has 1 aliphatic rings. The quantitative estimate of drug-likeness (QED) is 0.500. The molecule has 1 aromatic heterocycles. The number of aryl methyl sites for hydroxylation is 1. The second-order valence-electron chi connectivity index (χ2n) is 4.80. The summed E-state index contributed by atoms with van der Waals surface area (Å²) in [7, 11) is 0. The number of thiophene rings is 1. The number of rotatable bonds is 2. The first-order valence-corrected chi connectivity index (χ1v) is 9.66. The lowest BCUT2D eigenvalue weighted by atomic mass is 10.0. The van der Waals surface area contributed by atoms with Gasteiger partial charge in [-0.05, 0) is 42.9 Å². The van der Waals surface area contributed by atoms with Crippen molar-refractivity contribution >= 4 is 33.3 Å². The fourth-order valence-electron chi connectivity index (χ4n) is 2.51. The number of hydrogen-bond acceptors (Lipinski definition) is 2. The van der Waals surface area contributed by atoms with Crippen molar-refractivity contribution in [2.75, 3.05) is 0 Å². The summed E-state index contributed by atoms with van der Waals surface area (Å²) in [5.74, 6) is 0.